The summed E-state index contributed by atoms with van der Waals surface area (Å²) in [7, 11) is 0. The third-order valence-electron chi connectivity index (χ3n) is 4.40. The van der Waals surface area contributed by atoms with Crippen LogP contribution in [0.15, 0.2) is 11.6 Å². The number of fused-ring (bicyclic) bond motifs is 1. The molecule has 116 valence electrons. The Hall–Kier alpha value is -0.760. The van der Waals surface area contributed by atoms with Crippen LogP contribution in [-0.2, 0) is 4.84 Å². The molecule has 2 atom stereocenters. The number of alkyl halides is 6. The van der Waals surface area contributed by atoms with Gasteiger partial charge in [0.15, 0.2) is 0 Å². The van der Waals surface area contributed by atoms with Crippen LogP contribution in [0.3, 0.4) is 0 Å². The third-order valence-corrected chi connectivity index (χ3v) is 4.40. The molecule has 20 heavy (non-hydrogen) atoms. The first kappa shape index (κ1) is 15.6. The van der Waals surface area contributed by atoms with E-state index in [0.29, 0.717) is 17.9 Å². The summed E-state index contributed by atoms with van der Waals surface area (Å²) in [5, 5.41) is -1.83. The van der Waals surface area contributed by atoms with Crippen molar-refractivity contribution in [1.29, 1.82) is 0 Å². The van der Waals surface area contributed by atoms with E-state index in [9.17, 15) is 26.3 Å². The van der Waals surface area contributed by atoms with Gasteiger partial charge in [-0.25, -0.2) is 0 Å². The molecule has 1 saturated carbocycles. The Bertz CT molecular complexity index is 397. The zero-order chi connectivity index (χ0) is 15.3. The van der Waals surface area contributed by atoms with Crippen LogP contribution in [0, 0.1) is 17.3 Å². The minimum Gasteiger partial charge on any atom is -0.280 e. The van der Waals surface area contributed by atoms with Gasteiger partial charge in [0, 0.05) is 5.06 Å². The summed E-state index contributed by atoms with van der Waals surface area (Å²) in [5.41, 5.74) is 0.449. The maximum atomic E-state index is 12.3. The molecule has 2 nitrogen and oxygen atoms in total. The van der Waals surface area contributed by atoms with Crippen LogP contribution in [0.4, 0.5) is 26.3 Å². The van der Waals surface area contributed by atoms with Crippen LogP contribution < -0.4 is 0 Å². The molecule has 0 aromatic rings. The van der Waals surface area contributed by atoms with E-state index in [-0.39, 0.29) is 11.3 Å². The maximum Gasteiger partial charge on any atom is 0.490 e. The molecular formula is C12H15F6NO. The van der Waals surface area contributed by atoms with Gasteiger partial charge in [0.2, 0.25) is 0 Å². The number of hydrogen-bond donors (Lipinski definition) is 0. The standard InChI is InChI=1S/C12H15F6NO/c1-10(2)8-4-3-7(9(10)5-8)6-20-19(11(13,14)15)12(16,17)18/h3,8-9H,4-6H2,1-2H3. The summed E-state index contributed by atoms with van der Waals surface area (Å²) in [5.74, 6) is 0.460. The molecule has 0 aromatic carbocycles. The van der Waals surface area contributed by atoms with Gasteiger partial charge in [-0.2, -0.15) is 26.3 Å². The van der Waals surface area contributed by atoms with E-state index in [0.717, 1.165) is 6.42 Å². The Morgan fingerprint density at radius 3 is 2.15 bits per heavy atom. The van der Waals surface area contributed by atoms with Gasteiger partial charge >= 0.3 is 12.6 Å². The fourth-order valence-corrected chi connectivity index (χ4v) is 3.07. The molecular weight excluding hydrogens is 288 g/mol. The SMILES string of the molecule is CC1(C)C2CC=C(CON(C(F)(F)F)C(F)(F)F)C1C2. The molecule has 2 bridgehead atoms. The summed E-state index contributed by atoms with van der Waals surface area (Å²) in [6.07, 6.45) is -8.02. The quantitative estimate of drug-likeness (QED) is 0.334. The summed E-state index contributed by atoms with van der Waals surface area (Å²) >= 11 is 0. The molecule has 0 N–H and O–H groups in total. The Kier molecular flexibility index (Phi) is 3.61. The van der Waals surface area contributed by atoms with E-state index in [1.807, 2.05) is 13.8 Å². The zero-order valence-corrected chi connectivity index (χ0v) is 11.0. The molecule has 0 spiro atoms. The molecule has 0 aliphatic heterocycles. The fourth-order valence-electron chi connectivity index (χ4n) is 3.07. The predicted octanol–water partition coefficient (Wildman–Crippen LogP) is 4.25. The first-order chi connectivity index (χ1) is 8.94. The third kappa shape index (κ3) is 2.67. The second-order valence-electron chi connectivity index (χ2n) is 5.82. The molecule has 8 heteroatoms. The van der Waals surface area contributed by atoms with Crippen molar-refractivity contribution in [2.75, 3.05) is 6.61 Å². The van der Waals surface area contributed by atoms with Gasteiger partial charge in [-0.15, -0.1) is 0 Å². The van der Waals surface area contributed by atoms with Crippen LogP contribution in [0.25, 0.3) is 0 Å². The smallest absolute Gasteiger partial charge is 0.280 e. The zero-order valence-electron chi connectivity index (χ0n) is 11.0. The maximum absolute atomic E-state index is 12.3. The highest BCUT2D eigenvalue weighted by molar-refractivity contribution is 5.23. The van der Waals surface area contributed by atoms with Crippen molar-refractivity contribution < 1.29 is 31.2 Å². The molecule has 3 aliphatic rings. The van der Waals surface area contributed by atoms with Crippen molar-refractivity contribution in [1.82, 2.24) is 5.06 Å². The van der Waals surface area contributed by atoms with Crippen LogP contribution >= 0.6 is 0 Å². The highest BCUT2D eigenvalue weighted by atomic mass is 19.4. The van der Waals surface area contributed by atoms with Gasteiger partial charge in [0.05, 0.1) is 6.61 Å². The number of nitrogens with zero attached hydrogens (tertiary/aromatic N) is 1. The van der Waals surface area contributed by atoms with E-state index >= 15 is 0 Å². The van der Waals surface area contributed by atoms with Crippen LogP contribution in [-0.4, -0.2) is 24.3 Å². The Morgan fingerprint density at radius 2 is 1.75 bits per heavy atom. The lowest BCUT2D eigenvalue weighted by atomic mass is 9.49. The lowest BCUT2D eigenvalue weighted by molar-refractivity contribution is -0.481. The Morgan fingerprint density at radius 1 is 1.20 bits per heavy atom. The molecule has 3 rings (SSSR count). The number of hydroxylamine groups is 2. The molecule has 3 aliphatic carbocycles. The van der Waals surface area contributed by atoms with Gasteiger partial charge < -0.3 is 0 Å². The van der Waals surface area contributed by atoms with E-state index in [4.69, 9.17) is 0 Å². The monoisotopic (exact) mass is 303 g/mol. The topological polar surface area (TPSA) is 12.5 Å². The highest BCUT2D eigenvalue weighted by Crippen LogP contribution is 2.59. The second kappa shape index (κ2) is 4.62. The van der Waals surface area contributed by atoms with Gasteiger partial charge in [0.25, 0.3) is 0 Å². The number of allylic oxidation sites excluding steroid dienone is 1. The summed E-state index contributed by atoms with van der Waals surface area (Å²) in [6.45, 7) is 3.27. The lowest BCUT2D eigenvalue weighted by Gasteiger charge is -2.56. The van der Waals surface area contributed by atoms with E-state index < -0.39 is 24.3 Å². The number of rotatable bonds is 3. The minimum absolute atomic E-state index is 0.00423. The Balaban J connectivity index is 2.03. The van der Waals surface area contributed by atoms with Gasteiger partial charge in [-0.05, 0) is 35.7 Å². The van der Waals surface area contributed by atoms with Crippen LogP contribution in [0.2, 0.25) is 0 Å². The second-order valence-corrected chi connectivity index (χ2v) is 5.82. The molecule has 0 heterocycles. The Labute approximate surface area is 112 Å². The average Bonchev–Trinajstić information content (AvgIpc) is 2.25. The van der Waals surface area contributed by atoms with E-state index in [1.165, 1.54) is 0 Å². The first-order valence-electron chi connectivity index (χ1n) is 6.19. The molecule has 0 saturated heterocycles. The molecule has 0 aromatic heterocycles. The summed E-state index contributed by atoms with van der Waals surface area (Å²) < 4.78 is 73.7. The van der Waals surface area contributed by atoms with Crippen molar-refractivity contribution >= 4 is 0 Å². The van der Waals surface area contributed by atoms with Gasteiger partial charge in [-0.1, -0.05) is 19.9 Å². The fraction of sp³-hybridized carbons (Fsp3) is 0.833. The van der Waals surface area contributed by atoms with Crippen molar-refractivity contribution in [2.45, 2.75) is 39.3 Å². The molecule has 1 fully saturated rings. The lowest BCUT2D eigenvalue weighted by Crippen LogP contribution is -2.51. The normalized spacial score (nSPS) is 29.1. The molecule has 0 radical (unpaired) electrons. The van der Waals surface area contributed by atoms with Crippen molar-refractivity contribution in [3.63, 3.8) is 0 Å². The van der Waals surface area contributed by atoms with Crippen molar-refractivity contribution in [2.24, 2.45) is 17.3 Å². The van der Waals surface area contributed by atoms with Crippen molar-refractivity contribution in [3.05, 3.63) is 11.6 Å². The number of halogens is 6. The van der Waals surface area contributed by atoms with E-state index in [2.05, 4.69) is 4.84 Å². The highest BCUT2D eigenvalue weighted by Gasteiger charge is 2.57. The van der Waals surface area contributed by atoms with Crippen molar-refractivity contribution in [3.8, 4) is 0 Å². The van der Waals surface area contributed by atoms with Crippen LogP contribution in [0.5, 0.6) is 0 Å². The first-order valence-corrected chi connectivity index (χ1v) is 6.19. The minimum atomic E-state index is -5.61. The van der Waals surface area contributed by atoms with Gasteiger partial charge in [-0.3, -0.25) is 4.84 Å². The summed E-state index contributed by atoms with van der Waals surface area (Å²) in [4.78, 5) is 4.01. The largest absolute Gasteiger partial charge is 0.490 e. The molecule has 2 unspecified atom stereocenters. The van der Waals surface area contributed by atoms with Gasteiger partial charge in [0.1, 0.15) is 0 Å². The molecule has 0 amide bonds. The predicted molar refractivity (Wildman–Crippen MR) is 58.0 cm³/mol. The summed E-state index contributed by atoms with van der Waals surface area (Å²) in [6, 6.07) is 0. The van der Waals surface area contributed by atoms with E-state index in [1.54, 1.807) is 6.08 Å². The van der Waals surface area contributed by atoms with Crippen LogP contribution in [0.1, 0.15) is 26.7 Å². The average molecular weight is 303 g/mol. The number of hydrogen-bond acceptors (Lipinski definition) is 2.